The molecule has 60 heavy (non-hydrogen) atoms. The van der Waals surface area contributed by atoms with Crippen molar-refractivity contribution in [1.82, 2.24) is 0 Å². The van der Waals surface area contributed by atoms with Crippen molar-refractivity contribution in [3.05, 3.63) is 0 Å². The van der Waals surface area contributed by atoms with Crippen LogP contribution in [0.1, 0.15) is 166 Å². The van der Waals surface area contributed by atoms with Crippen molar-refractivity contribution in [2.45, 2.75) is 166 Å². The molecule has 0 aromatic carbocycles. The van der Waals surface area contributed by atoms with Crippen LogP contribution in [0.3, 0.4) is 0 Å². The molecule has 0 aromatic heterocycles. The molecule has 25 aliphatic carbocycles. The number of hydrogen-bond donors (Lipinski definition) is 0. The molecule has 312 valence electrons. The van der Waals surface area contributed by atoms with Crippen LogP contribution in [0.5, 0.6) is 0 Å². The quantitative estimate of drug-likeness (QED) is 0.229. The van der Waals surface area contributed by atoms with Gasteiger partial charge in [0, 0.05) is 0 Å². The van der Waals surface area contributed by atoms with Crippen molar-refractivity contribution in [3.8, 4) is 0 Å². The second-order valence-corrected chi connectivity index (χ2v) is 36.5. The topological polar surface area (TPSA) is 0 Å². The van der Waals surface area contributed by atoms with Crippen LogP contribution in [-0.2, 0) is 0 Å². The Bertz CT molecular complexity index is 2680. The van der Waals surface area contributed by atoms with Gasteiger partial charge in [0.1, 0.15) is 0 Å². The molecule has 0 heteroatoms. The Morgan fingerprint density at radius 2 is 0.200 bits per heavy atom. The minimum atomic E-state index is 0.372. The molecule has 0 heterocycles. The molecule has 25 rings (SSSR count). The Morgan fingerprint density at radius 1 is 0.100 bits per heavy atom. The minimum absolute atomic E-state index is 0.372. The lowest BCUT2D eigenvalue weighted by atomic mass is 8.34. The molecule has 0 amide bonds. The van der Waals surface area contributed by atoms with Crippen LogP contribution in [0.2, 0.25) is 0 Å². The van der Waals surface area contributed by atoms with Crippen molar-refractivity contribution in [2.24, 2.45) is 195 Å². The smallest absolute Gasteiger partial charge is 0.0000730 e. The fraction of sp³-hybridized carbons (Fsp3) is 1.00. The largest absolute Gasteiger partial charge is 0.0588 e. The van der Waals surface area contributed by atoms with Gasteiger partial charge in [-0.2, -0.15) is 0 Å². The van der Waals surface area contributed by atoms with Gasteiger partial charge in [0.25, 0.3) is 0 Å². The first-order valence-electron chi connectivity index (χ1n) is 27.0. The predicted octanol–water partition coefficient (Wildman–Crippen LogP) is 12.3. The summed E-state index contributed by atoms with van der Waals surface area (Å²) in [5.74, 6) is 0. The van der Waals surface area contributed by atoms with Crippen LogP contribution in [0.4, 0.5) is 0 Å². The summed E-state index contributed by atoms with van der Waals surface area (Å²) < 4.78 is 0. The highest BCUT2D eigenvalue weighted by Gasteiger charge is 3.70. The fourth-order valence-electron chi connectivity index (χ4n) is 53.8. The van der Waals surface area contributed by atoms with E-state index in [1.54, 1.807) is 0 Å². The zero-order chi connectivity index (χ0) is 42.0. The average Bonchev–Trinajstić information content (AvgIpc) is 3.15. The van der Waals surface area contributed by atoms with Crippen molar-refractivity contribution in [3.63, 3.8) is 0 Å². The molecular weight excluding hydrogens is 721 g/mol. The third kappa shape index (κ3) is 0.646. The van der Waals surface area contributed by atoms with E-state index in [-0.39, 0.29) is 0 Å². The lowest BCUT2D eigenvalue weighted by Crippen LogP contribution is -3.67. The lowest BCUT2D eigenvalue weighted by molar-refractivity contribution is -1.23. The van der Waals surface area contributed by atoms with E-state index in [0.29, 0.717) is 195 Å². The molecule has 0 bridgehead atoms. The van der Waals surface area contributed by atoms with Crippen LogP contribution < -0.4 is 0 Å². The van der Waals surface area contributed by atoms with Gasteiger partial charge in [-0.3, -0.25) is 0 Å². The van der Waals surface area contributed by atoms with Crippen molar-refractivity contribution in [1.29, 1.82) is 0 Å². The van der Waals surface area contributed by atoms with Gasteiger partial charge >= 0.3 is 0 Å². The molecule has 25 fully saturated rings. The Labute approximate surface area is 359 Å². The van der Waals surface area contributed by atoms with Gasteiger partial charge in [0.15, 0.2) is 0 Å². The third-order valence-corrected chi connectivity index (χ3v) is 47.5. The van der Waals surface area contributed by atoms with Gasteiger partial charge in [-0.05, 0) is 195 Å². The van der Waals surface area contributed by atoms with Gasteiger partial charge in [-0.1, -0.05) is 166 Å². The lowest BCUT2D eigenvalue weighted by Gasteiger charge is -3.67. The van der Waals surface area contributed by atoms with E-state index in [2.05, 4.69) is 166 Å². The Morgan fingerprint density at radius 3 is 0.300 bits per heavy atom. The highest BCUT2D eigenvalue weighted by Crippen LogP contribution is 3.71. The van der Waals surface area contributed by atoms with Gasteiger partial charge in [0.05, 0.1) is 0 Å². The molecule has 25 saturated carbocycles. The van der Waals surface area contributed by atoms with E-state index in [4.69, 9.17) is 0 Å². The first-order valence-corrected chi connectivity index (χ1v) is 27.0. The molecular formula is C60H72. The molecule has 8 unspecified atom stereocenters. The summed E-state index contributed by atoms with van der Waals surface area (Å²) >= 11 is 0. The zero-order valence-electron chi connectivity index (χ0n) is 42.0. The van der Waals surface area contributed by atoms with Crippen molar-refractivity contribution < 1.29 is 0 Å². The minimum Gasteiger partial charge on any atom is -0.0588 e. The summed E-state index contributed by atoms with van der Waals surface area (Å²) in [5.41, 5.74) is 19.3. The number of rotatable bonds is 0. The summed E-state index contributed by atoms with van der Waals surface area (Å²) in [7, 11) is 0. The summed E-state index contributed by atoms with van der Waals surface area (Å²) in [4.78, 5) is 0. The summed E-state index contributed by atoms with van der Waals surface area (Å²) in [6.45, 7) is 73.7. The SMILES string of the molecule is CC1(C)[C@@]2(C)C34[C@@]1(C)[C@@]1(C)[C@@]35C36C78C9%10C3%11[C@@]53C5%12[C@@](C)(C(C)(C)[C@@]5(C)[C@]5(C)[C@]%11%12[C@@]9%11C9%12[C@](C)(C(C)(C)[C@@]9(C)[C@]9(C)[C@@]%10%12[C@]7%10C7%12[C@](C)(C(C)(C)[C@@]7(C)[C@]7(C)[C@]8%12[C@]64[C@]27C)[C@@]%109C)[C@@]%115C)[C@]31C. The van der Waals surface area contributed by atoms with E-state index in [0.717, 1.165) is 0 Å². The van der Waals surface area contributed by atoms with E-state index >= 15 is 0 Å². The van der Waals surface area contributed by atoms with Crippen LogP contribution in [0.15, 0.2) is 0 Å². The van der Waals surface area contributed by atoms with Gasteiger partial charge in [0.2, 0.25) is 0 Å². The summed E-state index contributed by atoms with van der Waals surface area (Å²) in [6.07, 6.45) is 0. The molecule has 25 aliphatic rings. The molecule has 32 atom stereocenters. The molecule has 0 aromatic rings. The third-order valence-electron chi connectivity index (χ3n) is 47.5. The van der Waals surface area contributed by atoms with E-state index in [1.165, 1.54) is 0 Å². The number of hydrogen-bond acceptors (Lipinski definition) is 0. The van der Waals surface area contributed by atoms with Gasteiger partial charge < -0.3 is 0 Å². The maximum atomic E-state index is 3.16. The van der Waals surface area contributed by atoms with Crippen molar-refractivity contribution >= 4 is 0 Å². The van der Waals surface area contributed by atoms with Crippen molar-refractivity contribution in [2.75, 3.05) is 0 Å². The fourth-order valence-corrected chi connectivity index (χ4v) is 53.8. The van der Waals surface area contributed by atoms with Crippen LogP contribution in [0.25, 0.3) is 0 Å². The average molecular weight is 793 g/mol. The van der Waals surface area contributed by atoms with Gasteiger partial charge in [-0.25, -0.2) is 0 Å². The molecule has 0 nitrogen and oxygen atoms in total. The Hall–Kier alpha value is 0. The van der Waals surface area contributed by atoms with Crippen LogP contribution in [0, 0.1) is 195 Å². The molecule has 0 radical (unpaired) electrons. The summed E-state index contributed by atoms with van der Waals surface area (Å²) in [6, 6.07) is 0. The Balaban J connectivity index is 0.977. The molecule has 0 saturated heterocycles. The van der Waals surface area contributed by atoms with Crippen LogP contribution in [-0.4, -0.2) is 0 Å². The van der Waals surface area contributed by atoms with E-state index < -0.39 is 0 Å². The van der Waals surface area contributed by atoms with E-state index in [9.17, 15) is 0 Å². The maximum Gasteiger partial charge on any atom is -0.0000730 e. The standard InChI is InChI=1S/C60H72/c1-25(2)29(9)37(17)39(19)31(11)26(3,4)33(13)41(21)43(23)35(15)28(7,8)36(16)44(24)42(22)34(14)27(5,6)32(12)40(20)38(18)30(25,10)45(29)49(37)51(39)46(31,33)53(41)55(43)48(35,36)56(44)54(42)47(32,34)52(40)50(38,45)57(49)58(51,53)60(55,56)59(52,54)57/h1-24H3/t29-,30-,31+,32+,33-,34+,35+,36-,37-,38-,39+,40+,41-,42+,43+,44-,45?,46?,47?,48?,49-,50-,51+,52+,53+,54+,55-,56-,57?,58?,59?,60?. The van der Waals surface area contributed by atoms with Crippen LogP contribution >= 0.6 is 0 Å². The Kier molecular flexibility index (Phi) is 2.10. The first kappa shape index (κ1) is 29.6. The molecule has 16 spiro atoms. The van der Waals surface area contributed by atoms with Gasteiger partial charge in [-0.15, -0.1) is 0 Å². The molecule has 0 aliphatic heterocycles. The zero-order valence-corrected chi connectivity index (χ0v) is 42.0. The maximum absolute atomic E-state index is 3.16. The predicted molar refractivity (Wildman–Crippen MR) is 224 cm³/mol. The second kappa shape index (κ2) is 4.25. The molecule has 0 N–H and O–H groups in total. The number of fused-ring (bicyclic) bond motifs is 12. The summed E-state index contributed by atoms with van der Waals surface area (Å²) in [5, 5.41) is 0. The highest BCUT2D eigenvalue weighted by atomic mass is 15.7. The van der Waals surface area contributed by atoms with E-state index in [1.807, 2.05) is 0 Å². The monoisotopic (exact) mass is 793 g/mol. The normalized spacial score (nSPS) is 110. The highest BCUT2D eigenvalue weighted by molar-refractivity contribution is 6.14. The first-order chi connectivity index (χ1) is 27.0. The second-order valence-electron chi connectivity index (χ2n) is 36.5.